The number of nitrogens with zero attached hydrogens (tertiary/aromatic N) is 3. The second kappa shape index (κ2) is 6.05. The maximum atomic E-state index is 12.4. The summed E-state index contributed by atoms with van der Waals surface area (Å²) in [6.07, 6.45) is 1.89. The summed E-state index contributed by atoms with van der Waals surface area (Å²) in [5.41, 5.74) is 1.84. The number of hydrogen-bond donors (Lipinski definition) is 1. The Hall–Kier alpha value is -1.88. The molecule has 1 aromatic carbocycles. The summed E-state index contributed by atoms with van der Waals surface area (Å²) in [6.45, 7) is 4.15. The molecule has 1 N–H and O–H groups in total. The third kappa shape index (κ3) is 2.99. The van der Waals surface area contributed by atoms with Crippen molar-refractivity contribution in [3.05, 3.63) is 30.6 Å². The fraction of sp³-hybridized carbons (Fsp3) is 0.467. The first kappa shape index (κ1) is 14.5. The van der Waals surface area contributed by atoms with Crippen LogP contribution in [-0.4, -0.2) is 45.2 Å². The van der Waals surface area contributed by atoms with E-state index in [4.69, 9.17) is 0 Å². The molecule has 0 aliphatic rings. The fourth-order valence-electron chi connectivity index (χ4n) is 2.22. The monoisotopic (exact) mass is 275 g/mol. The third-order valence-electron chi connectivity index (χ3n) is 3.51. The second-order valence-corrected chi connectivity index (χ2v) is 5.21. The van der Waals surface area contributed by atoms with Crippen molar-refractivity contribution < 1.29 is 9.90 Å². The number of fused-ring (bicyclic) bond motifs is 1. The largest absolute Gasteiger partial charge is 0.393 e. The molecule has 0 spiro atoms. The third-order valence-corrected chi connectivity index (χ3v) is 3.51. The molecule has 2 atom stereocenters. The van der Waals surface area contributed by atoms with E-state index in [0.717, 1.165) is 11.0 Å². The van der Waals surface area contributed by atoms with Crippen LogP contribution in [0.2, 0.25) is 0 Å². The number of aliphatic hydroxyl groups excluding tert-OH is 1. The zero-order valence-electron chi connectivity index (χ0n) is 12.2. The summed E-state index contributed by atoms with van der Waals surface area (Å²) in [5.74, 6) is 0.0220. The zero-order chi connectivity index (χ0) is 14.7. The van der Waals surface area contributed by atoms with Gasteiger partial charge in [-0.25, -0.2) is 4.98 Å². The number of rotatable bonds is 5. The van der Waals surface area contributed by atoms with Crippen molar-refractivity contribution in [3.8, 4) is 0 Å². The molecule has 1 amide bonds. The summed E-state index contributed by atoms with van der Waals surface area (Å²) >= 11 is 0. The van der Waals surface area contributed by atoms with Crippen LogP contribution >= 0.6 is 0 Å². The highest BCUT2D eigenvalue weighted by atomic mass is 16.3. The Morgan fingerprint density at radius 3 is 2.80 bits per heavy atom. The van der Waals surface area contributed by atoms with E-state index >= 15 is 0 Å². The normalized spacial score (nSPS) is 14.2. The van der Waals surface area contributed by atoms with Gasteiger partial charge < -0.3 is 14.6 Å². The summed E-state index contributed by atoms with van der Waals surface area (Å²) in [6, 6.07) is 7.46. The molecule has 0 saturated heterocycles. The number of benzene rings is 1. The highest BCUT2D eigenvalue weighted by Gasteiger charge is 2.20. The Bertz CT molecular complexity index is 592. The highest BCUT2D eigenvalue weighted by Crippen LogP contribution is 2.18. The van der Waals surface area contributed by atoms with Gasteiger partial charge in [-0.2, -0.15) is 0 Å². The predicted molar refractivity (Wildman–Crippen MR) is 78.4 cm³/mol. The first-order valence-electron chi connectivity index (χ1n) is 6.85. The molecule has 0 radical (unpaired) electrons. The fourth-order valence-corrected chi connectivity index (χ4v) is 2.22. The second-order valence-electron chi connectivity index (χ2n) is 5.21. The molecule has 0 aliphatic carbocycles. The lowest BCUT2D eigenvalue weighted by atomic mass is 10.2. The Kier molecular flexibility index (Phi) is 4.39. The SMILES string of the molecule is CC(O)CCN(C)C(=O)C(C)n1cnc2ccccc21. The molecule has 2 rings (SSSR count). The number of aliphatic hydroxyl groups is 1. The van der Waals surface area contributed by atoms with Crippen molar-refractivity contribution in [1.29, 1.82) is 0 Å². The lowest BCUT2D eigenvalue weighted by Crippen LogP contribution is -2.34. The molecule has 0 bridgehead atoms. The standard InChI is InChI=1S/C15H21N3O2/c1-11(19)8-9-17(3)15(20)12(2)18-10-16-13-6-4-5-7-14(13)18/h4-7,10-12,19H,8-9H2,1-3H3. The van der Waals surface area contributed by atoms with Crippen LogP contribution in [0.15, 0.2) is 30.6 Å². The average Bonchev–Trinajstić information content (AvgIpc) is 2.87. The molecule has 1 aromatic heterocycles. The Labute approximate surface area is 118 Å². The molecule has 0 fully saturated rings. The van der Waals surface area contributed by atoms with Crippen LogP contribution in [0.4, 0.5) is 0 Å². The average molecular weight is 275 g/mol. The first-order valence-corrected chi connectivity index (χ1v) is 6.85. The molecule has 2 aromatic rings. The van der Waals surface area contributed by atoms with Crippen molar-refractivity contribution in [2.45, 2.75) is 32.4 Å². The molecule has 108 valence electrons. The minimum Gasteiger partial charge on any atom is -0.393 e. The highest BCUT2D eigenvalue weighted by molar-refractivity contribution is 5.83. The van der Waals surface area contributed by atoms with Gasteiger partial charge in [-0.15, -0.1) is 0 Å². The number of amides is 1. The number of carbonyl (C=O) groups excluding carboxylic acids is 1. The van der Waals surface area contributed by atoms with Gasteiger partial charge in [0, 0.05) is 13.6 Å². The van der Waals surface area contributed by atoms with Crippen LogP contribution < -0.4 is 0 Å². The van der Waals surface area contributed by atoms with E-state index in [-0.39, 0.29) is 11.9 Å². The van der Waals surface area contributed by atoms with Crippen molar-refractivity contribution in [1.82, 2.24) is 14.5 Å². The van der Waals surface area contributed by atoms with Gasteiger partial charge in [0.2, 0.25) is 5.91 Å². The van der Waals surface area contributed by atoms with Crippen molar-refractivity contribution >= 4 is 16.9 Å². The number of aromatic nitrogens is 2. The van der Waals surface area contributed by atoms with Crippen molar-refractivity contribution in [2.75, 3.05) is 13.6 Å². The Morgan fingerprint density at radius 1 is 1.40 bits per heavy atom. The van der Waals surface area contributed by atoms with Gasteiger partial charge in [-0.3, -0.25) is 4.79 Å². The molecular formula is C15H21N3O2. The maximum absolute atomic E-state index is 12.4. The van der Waals surface area contributed by atoms with Gasteiger partial charge in [0.1, 0.15) is 6.04 Å². The summed E-state index contributed by atoms with van der Waals surface area (Å²) < 4.78 is 1.89. The summed E-state index contributed by atoms with van der Waals surface area (Å²) in [5, 5.41) is 9.29. The van der Waals surface area contributed by atoms with Gasteiger partial charge >= 0.3 is 0 Å². The lowest BCUT2D eigenvalue weighted by molar-refractivity contribution is -0.133. The molecule has 5 nitrogen and oxygen atoms in total. The maximum Gasteiger partial charge on any atom is 0.245 e. The number of carbonyl (C=O) groups is 1. The predicted octanol–water partition coefficient (Wildman–Crippen LogP) is 1.83. The van der Waals surface area contributed by atoms with E-state index in [9.17, 15) is 9.90 Å². The summed E-state index contributed by atoms with van der Waals surface area (Å²) in [4.78, 5) is 18.4. The topological polar surface area (TPSA) is 58.4 Å². The number of likely N-dealkylation sites (N-methyl/N-ethyl adjacent to an activating group) is 1. The molecule has 1 heterocycles. The van der Waals surface area contributed by atoms with E-state index in [1.54, 1.807) is 25.2 Å². The van der Waals surface area contributed by atoms with Crippen LogP contribution in [0.5, 0.6) is 0 Å². The van der Waals surface area contributed by atoms with Gasteiger partial charge in [0.25, 0.3) is 0 Å². The van der Waals surface area contributed by atoms with Gasteiger partial charge in [0.15, 0.2) is 0 Å². The smallest absolute Gasteiger partial charge is 0.245 e. The van der Waals surface area contributed by atoms with E-state index < -0.39 is 6.10 Å². The molecule has 20 heavy (non-hydrogen) atoms. The number of imidazole rings is 1. The van der Waals surface area contributed by atoms with Crippen molar-refractivity contribution in [2.24, 2.45) is 0 Å². The minimum absolute atomic E-state index is 0.0220. The lowest BCUT2D eigenvalue weighted by Gasteiger charge is -2.23. The van der Waals surface area contributed by atoms with E-state index in [1.807, 2.05) is 35.8 Å². The molecule has 2 unspecified atom stereocenters. The number of para-hydroxylation sites is 2. The van der Waals surface area contributed by atoms with Gasteiger partial charge in [-0.1, -0.05) is 12.1 Å². The Morgan fingerprint density at radius 2 is 2.10 bits per heavy atom. The van der Waals surface area contributed by atoms with E-state index in [0.29, 0.717) is 13.0 Å². The zero-order valence-corrected chi connectivity index (χ0v) is 12.2. The van der Waals surface area contributed by atoms with Crippen LogP contribution in [0.1, 0.15) is 26.3 Å². The van der Waals surface area contributed by atoms with Gasteiger partial charge in [0.05, 0.1) is 23.5 Å². The molecule has 5 heteroatoms. The quantitative estimate of drug-likeness (QED) is 0.905. The van der Waals surface area contributed by atoms with Crippen LogP contribution in [0.3, 0.4) is 0 Å². The van der Waals surface area contributed by atoms with Crippen molar-refractivity contribution in [3.63, 3.8) is 0 Å². The van der Waals surface area contributed by atoms with E-state index in [2.05, 4.69) is 4.98 Å². The van der Waals surface area contributed by atoms with E-state index in [1.165, 1.54) is 0 Å². The van der Waals surface area contributed by atoms with Crippen LogP contribution in [0.25, 0.3) is 11.0 Å². The summed E-state index contributed by atoms with van der Waals surface area (Å²) in [7, 11) is 1.76. The Balaban J connectivity index is 2.14. The van der Waals surface area contributed by atoms with Gasteiger partial charge in [-0.05, 0) is 32.4 Å². The molecular weight excluding hydrogens is 254 g/mol. The number of hydrogen-bond acceptors (Lipinski definition) is 3. The minimum atomic E-state index is -0.394. The molecule has 0 saturated carbocycles. The van der Waals surface area contributed by atoms with Crippen LogP contribution in [-0.2, 0) is 4.79 Å². The van der Waals surface area contributed by atoms with Crippen LogP contribution in [0, 0.1) is 0 Å². The first-order chi connectivity index (χ1) is 9.50. The molecule has 0 aliphatic heterocycles.